The lowest BCUT2D eigenvalue weighted by Gasteiger charge is -1.91. The van der Waals surface area contributed by atoms with Gasteiger partial charge in [0, 0.05) is 12.8 Å². The molecule has 0 aliphatic rings. The number of aliphatic hydroxyl groups is 1. The van der Waals surface area contributed by atoms with Crippen LogP contribution in [0.15, 0.2) is 12.3 Å². The molecule has 46 valence electrons. The first-order valence-corrected chi connectivity index (χ1v) is 2.49. The Kier molecular flexibility index (Phi) is 2.92. The van der Waals surface area contributed by atoms with Gasteiger partial charge in [0.2, 0.25) is 0 Å². The van der Waals surface area contributed by atoms with Gasteiger partial charge in [-0.3, -0.25) is 0 Å². The van der Waals surface area contributed by atoms with Crippen LogP contribution in [0, 0.1) is 0 Å². The molecule has 0 saturated carbocycles. The zero-order valence-electron chi connectivity index (χ0n) is 4.98. The van der Waals surface area contributed by atoms with Crippen molar-refractivity contribution in [1.82, 2.24) is 0 Å². The molecule has 0 aromatic carbocycles. The van der Waals surface area contributed by atoms with Gasteiger partial charge in [0.15, 0.2) is 0 Å². The lowest BCUT2D eigenvalue weighted by Crippen LogP contribution is -1.89. The van der Waals surface area contributed by atoms with E-state index in [-0.39, 0.29) is 11.5 Å². The van der Waals surface area contributed by atoms with E-state index in [1.165, 1.54) is 6.92 Å². The number of carbonyl (C=O) groups is 1. The second-order valence-electron chi connectivity index (χ2n) is 1.77. The lowest BCUT2D eigenvalue weighted by atomic mass is 10.2. The van der Waals surface area contributed by atoms with Crippen LogP contribution < -0.4 is 0 Å². The van der Waals surface area contributed by atoms with E-state index >= 15 is 0 Å². The minimum Gasteiger partial charge on any atom is -0.513 e. The Morgan fingerprint density at radius 1 is 1.62 bits per heavy atom. The topological polar surface area (TPSA) is 37.3 Å². The van der Waals surface area contributed by atoms with E-state index in [9.17, 15) is 4.79 Å². The maximum absolute atomic E-state index is 10.2. The van der Waals surface area contributed by atoms with Crippen molar-refractivity contribution < 1.29 is 9.90 Å². The normalized spacial score (nSPS) is 8.62. The molecule has 2 heteroatoms. The van der Waals surface area contributed by atoms with E-state index in [1.807, 2.05) is 0 Å². The molecule has 8 heavy (non-hydrogen) atoms. The molecule has 0 heterocycles. The number of aliphatic hydroxyl groups excluding tert-OH is 1. The van der Waals surface area contributed by atoms with Crippen molar-refractivity contribution in [2.24, 2.45) is 0 Å². The van der Waals surface area contributed by atoms with Gasteiger partial charge in [0.05, 0.1) is 5.76 Å². The Hall–Kier alpha value is -0.790. The van der Waals surface area contributed by atoms with E-state index in [2.05, 4.69) is 6.58 Å². The van der Waals surface area contributed by atoms with Crippen molar-refractivity contribution in [3.63, 3.8) is 0 Å². The van der Waals surface area contributed by atoms with Crippen LogP contribution in [0.4, 0.5) is 0 Å². The summed E-state index contributed by atoms with van der Waals surface area (Å²) >= 11 is 0. The summed E-state index contributed by atoms with van der Waals surface area (Å²) in [5.41, 5.74) is 0. The van der Waals surface area contributed by atoms with Crippen LogP contribution in [-0.4, -0.2) is 10.9 Å². The van der Waals surface area contributed by atoms with Gasteiger partial charge in [0.1, 0.15) is 5.78 Å². The monoisotopic (exact) mass is 114 g/mol. The van der Waals surface area contributed by atoms with Crippen molar-refractivity contribution >= 4 is 5.78 Å². The molecule has 0 unspecified atom stereocenters. The predicted molar refractivity (Wildman–Crippen MR) is 31.7 cm³/mol. The molecule has 0 aromatic rings. The van der Waals surface area contributed by atoms with E-state index in [1.54, 1.807) is 0 Å². The third-order valence-electron chi connectivity index (χ3n) is 0.766. The molecule has 0 spiro atoms. The van der Waals surface area contributed by atoms with E-state index < -0.39 is 0 Å². The fourth-order valence-corrected chi connectivity index (χ4v) is 0.320. The molecular formula is C6H10O2. The summed E-state index contributed by atoms with van der Waals surface area (Å²) in [5, 5.41) is 8.45. The van der Waals surface area contributed by atoms with Gasteiger partial charge in [-0.05, 0) is 6.92 Å². The molecule has 0 bridgehead atoms. The van der Waals surface area contributed by atoms with Crippen molar-refractivity contribution in [3.8, 4) is 0 Å². The van der Waals surface area contributed by atoms with Gasteiger partial charge < -0.3 is 9.90 Å². The average Bonchev–Trinajstić information content (AvgIpc) is 1.61. The van der Waals surface area contributed by atoms with Crippen LogP contribution in [0.3, 0.4) is 0 Å². The van der Waals surface area contributed by atoms with Crippen LogP contribution in [0.1, 0.15) is 19.8 Å². The molecule has 1 N–H and O–H groups in total. The quantitative estimate of drug-likeness (QED) is 0.563. The van der Waals surface area contributed by atoms with Crippen molar-refractivity contribution in [1.29, 1.82) is 0 Å². The smallest absolute Gasteiger partial charge is 0.130 e. The number of hydrogen-bond acceptors (Lipinski definition) is 2. The zero-order chi connectivity index (χ0) is 6.57. The summed E-state index contributed by atoms with van der Waals surface area (Å²) < 4.78 is 0. The minimum atomic E-state index is 0.0835. The summed E-state index contributed by atoms with van der Waals surface area (Å²) in [5.74, 6) is 0.167. The van der Waals surface area contributed by atoms with Crippen molar-refractivity contribution in [2.75, 3.05) is 0 Å². The van der Waals surface area contributed by atoms with E-state index in [4.69, 9.17) is 5.11 Å². The largest absolute Gasteiger partial charge is 0.513 e. The van der Waals surface area contributed by atoms with Crippen molar-refractivity contribution in [2.45, 2.75) is 19.8 Å². The highest BCUT2D eigenvalue weighted by Crippen LogP contribution is 1.96. The zero-order valence-corrected chi connectivity index (χ0v) is 4.98. The molecule has 0 aliphatic carbocycles. The fraction of sp³-hybridized carbons (Fsp3) is 0.500. The molecule has 0 atom stereocenters. The van der Waals surface area contributed by atoms with E-state index in [0.717, 1.165) is 0 Å². The number of ketones is 1. The van der Waals surface area contributed by atoms with Crippen LogP contribution in [0.2, 0.25) is 0 Å². The third kappa shape index (κ3) is 5.21. The highest BCUT2D eigenvalue weighted by Gasteiger charge is 1.92. The van der Waals surface area contributed by atoms with Gasteiger partial charge in [-0.1, -0.05) is 6.58 Å². The maximum Gasteiger partial charge on any atom is 0.130 e. The molecule has 0 fully saturated rings. The first kappa shape index (κ1) is 7.21. The summed E-state index contributed by atoms with van der Waals surface area (Å²) in [6, 6.07) is 0. The number of allylic oxidation sites excluding steroid dienone is 1. The molecule has 0 saturated heterocycles. The fourth-order valence-electron chi connectivity index (χ4n) is 0.320. The first-order chi connectivity index (χ1) is 3.63. The SMILES string of the molecule is C=C(O)CCC(C)=O. The number of hydrogen-bond donors (Lipinski definition) is 1. The van der Waals surface area contributed by atoms with Crippen LogP contribution >= 0.6 is 0 Å². The van der Waals surface area contributed by atoms with Crippen molar-refractivity contribution in [3.05, 3.63) is 12.3 Å². The number of carbonyl (C=O) groups excluding carboxylic acids is 1. The summed E-state index contributed by atoms with van der Waals surface area (Å²) in [4.78, 5) is 10.2. The van der Waals surface area contributed by atoms with E-state index in [0.29, 0.717) is 12.8 Å². The summed E-state index contributed by atoms with van der Waals surface area (Å²) in [7, 11) is 0. The lowest BCUT2D eigenvalue weighted by molar-refractivity contribution is -0.117. The highest BCUT2D eigenvalue weighted by atomic mass is 16.3. The second kappa shape index (κ2) is 3.24. The predicted octanol–water partition coefficient (Wildman–Crippen LogP) is 1.43. The standard InChI is InChI=1S/C6H10O2/c1-5(7)3-4-6(2)8/h7H,1,3-4H2,2H3. The molecular weight excluding hydrogens is 104 g/mol. The molecule has 0 aliphatic heterocycles. The second-order valence-corrected chi connectivity index (χ2v) is 1.77. The molecule has 0 radical (unpaired) electrons. The van der Waals surface area contributed by atoms with Crippen LogP contribution in [0.25, 0.3) is 0 Å². The molecule has 2 nitrogen and oxygen atoms in total. The number of Topliss-reactive ketones (excluding diaryl/α,β-unsaturated/α-hetero) is 1. The third-order valence-corrected chi connectivity index (χ3v) is 0.766. The number of rotatable bonds is 3. The molecule has 0 aromatic heterocycles. The molecule has 0 rings (SSSR count). The maximum atomic E-state index is 10.2. The average molecular weight is 114 g/mol. The van der Waals surface area contributed by atoms with Gasteiger partial charge >= 0.3 is 0 Å². The Bertz CT molecular complexity index is 91.1. The van der Waals surface area contributed by atoms with Gasteiger partial charge in [-0.2, -0.15) is 0 Å². The highest BCUT2D eigenvalue weighted by molar-refractivity contribution is 5.75. The Morgan fingerprint density at radius 2 is 2.12 bits per heavy atom. The first-order valence-electron chi connectivity index (χ1n) is 2.49. The van der Waals surface area contributed by atoms with Crippen LogP contribution in [-0.2, 0) is 4.79 Å². The van der Waals surface area contributed by atoms with Gasteiger partial charge in [-0.15, -0.1) is 0 Å². The van der Waals surface area contributed by atoms with Crippen LogP contribution in [0.5, 0.6) is 0 Å². The Labute approximate surface area is 48.8 Å². The Balaban J connectivity index is 3.18. The van der Waals surface area contributed by atoms with Gasteiger partial charge in [-0.25, -0.2) is 0 Å². The molecule has 0 amide bonds. The van der Waals surface area contributed by atoms with Gasteiger partial charge in [0.25, 0.3) is 0 Å². The summed E-state index contributed by atoms with van der Waals surface area (Å²) in [6.45, 7) is 4.72. The summed E-state index contributed by atoms with van der Waals surface area (Å²) in [6.07, 6.45) is 0.796. The Morgan fingerprint density at radius 3 is 2.25 bits per heavy atom. The minimum absolute atomic E-state index is 0.0835.